The van der Waals surface area contributed by atoms with Crippen LogP contribution < -0.4 is 26.4 Å². The van der Waals surface area contributed by atoms with Crippen molar-refractivity contribution in [1.82, 2.24) is 0 Å². The molecule has 0 saturated carbocycles. The monoisotopic (exact) mass is 989 g/mol. The number of hydrogen-bond acceptors (Lipinski definition) is 0. The lowest BCUT2D eigenvalue weighted by atomic mass is 9.12. The van der Waals surface area contributed by atoms with Crippen LogP contribution in [-0.2, 0) is 6.54 Å². The van der Waals surface area contributed by atoms with Gasteiger partial charge in [0, 0.05) is 17.5 Å². The minimum Gasteiger partial charge on any atom is -0.207 e. The average Bonchev–Trinajstić information content (AvgIpc) is 3.31. The molecule has 0 amide bonds. The molecule has 0 fully saturated rings. The molecule has 0 aliphatic heterocycles. The van der Waals surface area contributed by atoms with E-state index in [9.17, 15) is 74.6 Å². The summed E-state index contributed by atoms with van der Waals surface area (Å²) >= 11 is 0. The zero-order chi connectivity index (χ0) is 50.2. The van der Waals surface area contributed by atoms with Crippen molar-refractivity contribution in [2.24, 2.45) is 0 Å². The lowest BCUT2D eigenvalue weighted by Gasteiger charge is -2.44. The summed E-state index contributed by atoms with van der Waals surface area (Å²) in [4.78, 5) is 0. The summed E-state index contributed by atoms with van der Waals surface area (Å²) in [5, 5.41) is 0.786. The van der Waals surface area contributed by atoms with Crippen molar-refractivity contribution < 1.29 is 114 Å². The van der Waals surface area contributed by atoms with E-state index in [1.807, 2.05) is 0 Å². The molecule has 1 heterocycles. The van der Waals surface area contributed by atoms with E-state index in [1.54, 1.807) is 36.4 Å². The summed E-state index contributed by atoms with van der Waals surface area (Å²) < 4.78 is 362. The lowest BCUT2D eigenvalue weighted by molar-refractivity contribution is -0.662. The Morgan fingerprint density at radius 1 is 0.269 bits per heavy atom. The van der Waals surface area contributed by atoms with Gasteiger partial charge >= 0.3 is 0 Å². The van der Waals surface area contributed by atoms with Gasteiger partial charge in [0.05, 0.1) is 5.56 Å². The van der Waals surface area contributed by atoms with Gasteiger partial charge in [-0.3, -0.25) is 0 Å². The van der Waals surface area contributed by atoms with Crippen molar-refractivity contribution in [2.75, 3.05) is 0 Å². The number of para-hydroxylation sites is 1. The Morgan fingerprint density at radius 3 is 0.776 bits per heavy atom. The summed E-state index contributed by atoms with van der Waals surface area (Å²) in [6.07, 6.45) is -5.70. The molecule has 1 aromatic heterocycles. The van der Waals surface area contributed by atoms with Crippen molar-refractivity contribution in [3.63, 3.8) is 0 Å². The molecule has 0 atom stereocenters. The van der Waals surface area contributed by atoms with Crippen LogP contribution in [0.3, 0.4) is 0 Å². The van der Waals surface area contributed by atoms with E-state index < -0.39 is 186 Å². The topological polar surface area (TPSA) is 3.88 Å². The predicted molar refractivity (Wildman–Crippen MR) is 179 cm³/mol. The van der Waals surface area contributed by atoms with Crippen molar-refractivity contribution in [3.05, 3.63) is 194 Å². The summed E-state index contributed by atoms with van der Waals surface area (Å²) in [5.74, 6) is -81.0. The van der Waals surface area contributed by atoms with E-state index in [0.29, 0.717) is 5.52 Å². The van der Waals surface area contributed by atoms with Gasteiger partial charge in [-0.05, 0) is 12.1 Å². The molecule has 0 radical (unpaired) electrons. The fourth-order valence-corrected chi connectivity index (χ4v) is 7.19. The number of fused-ring (bicyclic) bond motifs is 1. The molecule has 0 N–H and O–H groups in total. The lowest BCUT2D eigenvalue weighted by Crippen LogP contribution is -2.81. The second-order valence-electron chi connectivity index (χ2n) is 13.5. The van der Waals surface area contributed by atoms with Crippen molar-refractivity contribution in [2.45, 2.75) is 6.54 Å². The highest BCUT2D eigenvalue weighted by Crippen LogP contribution is 2.31. The Kier molecular flexibility index (Phi) is 13.1. The molecular weight excluding hydrogens is 980 g/mol. The maximum Gasteiger partial charge on any atom is 0.212 e. The van der Waals surface area contributed by atoms with E-state index in [0.717, 1.165) is 5.39 Å². The zero-order valence-corrected chi connectivity index (χ0v) is 31.2. The molecular formula is C40H9BF25N. The first kappa shape index (κ1) is 49.5. The third-order valence-electron chi connectivity index (χ3n) is 10.1. The Labute approximate surface area is 353 Å². The smallest absolute Gasteiger partial charge is 0.207 e. The molecule has 7 aromatic rings. The Balaban J connectivity index is 0.000000279. The molecule has 7 rings (SSSR count). The van der Waals surface area contributed by atoms with Crippen LogP contribution in [-0.4, -0.2) is 6.15 Å². The zero-order valence-electron chi connectivity index (χ0n) is 31.2. The van der Waals surface area contributed by atoms with Crippen molar-refractivity contribution >= 4 is 38.9 Å². The van der Waals surface area contributed by atoms with Crippen LogP contribution in [0.5, 0.6) is 0 Å². The molecule has 0 saturated heterocycles. The van der Waals surface area contributed by atoms with Crippen LogP contribution in [0.2, 0.25) is 0 Å². The third kappa shape index (κ3) is 7.32. The second-order valence-corrected chi connectivity index (χ2v) is 13.5. The Bertz CT molecular complexity index is 2810. The first-order valence-electron chi connectivity index (χ1n) is 17.3. The quantitative estimate of drug-likeness (QED) is 0.0514. The van der Waals surface area contributed by atoms with Gasteiger partial charge in [-0.2, -0.15) is 4.57 Å². The standard InChI is InChI=1S/C24BF20.C16H9F5N/c26-5-1(6(27)14(35)21(42)13(5)34)25(2-7(28)15(36)22(43)16(37)8(2)29,3-9(30)17(38)23(44)18(39)10(3)31)4-11(32)19(40)24(45)20(41)12(4)33;17-12-10(13(18)15(20)16(21)14(12)19)8-22-7-3-5-9-4-1-2-6-11(9)22/h;1-7H,8H2/q-1;+1. The fraction of sp³-hybridized carbons (Fsp3) is 0.0250. The summed E-state index contributed by atoms with van der Waals surface area (Å²) in [5.41, 5.74) is -14.6. The first-order valence-corrected chi connectivity index (χ1v) is 17.3. The molecule has 0 unspecified atom stereocenters. The van der Waals surface area contributed by atoms with E-state index in [2.05, 4.69) is 0 Å². The molecule has 0 aliphatic carbocycles. The van der Waals surface area contributed by atoms with E-state index in [4.69, 9.17) is 0 Å². The fourth-order valence-electron chi connectivity index (χ4n) is 7.19. The molecule has 6 aromatic carbocycles. The van der Waals surface area contributed by atoms with Crippen LogP contribution in [0.15, 0.2) is 42.6 Å². The number of rotatable bonds is 6. The number of hydrogen-bond donors (Lipinski definition) is 0. The van der Waals surface area contributed by atoms with Gasteiger partial charge < -0.3 is 0 Å². The molecule has 67 heavy (non-hydrogen) atoms. The first-order chi connectivity index (χ1) is 31.2. The van der Waals surface area contributed by atoms with Crippen LogP contribution >= 0.6 is 0 Å². The summed E-state index contributed by atoms with van der Waals surface area (Å²) in [6, 6.07) is 10.4. The second kappa shape index (κ2) is 17.7. The van der Waals surface area contributed by atoms with Gasteiger partial charge in [0.25, 0.3) is 0 Å². The Hall–Kier alpha value is -6.96. The van der Waals surface area contributed by atoms with Gasteiger partial charge in [0.2, 0.25) is 11.3 Å². The number of benzene rings is 6. The van der Waals surface area contributed by atoms with Gasteiger partial charge in [-0.1, -0.05) is 12.1 Å². The maximum atomic E-state index is 15.4. The molecule has 1 nitrogen and oxygen atoms in total. The summed E-state index contributed by atoms with van der Waals surface area (Å²) in [6.45, 7) is -0.465. The highest BCUT2D eigenvalue weighted by Gasteiger charge is 2.52. The average molecular weight is 989 g/mol. The largest absolute Gasteiger partial charge is 0.212 e. The minimum absolute atomic E-state index is 0.465. The molecule has 0 spiro atoms. The van der Waals surface area contributed by atoms with Crippen molar-refractivity contribution in [1.29, 1.82) is 0 Å². The SMILES string of the molecule is Fc1c(F)c(F)c(C[n+]2cccc3ccccc32)c(F)c1F.Fc1c(F)c(F)c([B-](c2c(F)c(F)c(F)c(F)c2F)(c2c(F)c(F)c(F)c(F)c2F)c2c(F)c(F)c(F)c(F)c2F)c(F)c1F. The molecule has 0 aliphatic rings. The normalized spacial score (nSPS) is 11.7. The van der Waals surface area contributed by atoms with Crippen LogP contribution in [0, 0.1) is 145 Å². The highest BCUT2D eigenvalue weighted by atomic mass is 19.2. The highest BCUT2D eigenvalue weighted by molar-refractivity contribution is 7.20. The number of aromatic nitrogens is 1. The van der Waals surface area contributed by atoms with E-state index in [1.165, 1.54) is 10.8 Å². The Morgan fingerprint density at radius 2 is 0.493 bits per heavy atom. The van der Waals surface area contributed by atoms with Gasteiger partial charge in [0.1, 0.15) is 52.7 Å². The predicted octanol–water partition coefficient (Wildman–Crippen LogP) is 9.72. The number of nitrogens with zero attached hydrogens (tertiary/aromatic N) is 1. The van der Waals surface area contributed by atoms with Gasteiger partial charge in [-0.25, -0.2) is 110 Å². The molecule has 0 bridgehead atoms. The summed E-state index contributed by atoms with van der Waals surface area (Å²) in [7, 11) is 0. The van der Waals surface area contributed by atoms with Crippen molar-refractivity contribution in [3.8, 4) is 0 Å². The number of pyridine rings is 1. The van der Waals surface area contributed by atoms with Gasteiger partial charge in [0.15, 0.2) is 106 Å². The van der Waals surface area contributed by atoms with Gasteiger partial charge in [-0.15, -0.1) is 21.9 Å². The van der Waals surface area contributed by atoms with E-state index in [-0.39, 0.29) is 0 Å². The molecule has 352 valence electrons. The molecule has 27 heteroatoms. The maximum absolute atomic E-state index is 15.4. The van der Waals surface area contributed by atoms with Crippen LogP contribution in [0.25, 0.3) is 10.9 Å². The third-order valence-corrected chi connectivity index (χ3v) is 10.1. The van der Waals surface area contributed by atoms with Crippen LogP contribution in [0.4, 0.5) is 110 Å². The number of halogens is 25. The van der Waals surface area contributed by atoms with E-state index >= 15 is 35.1 Å². The van der Waals surface area contributed by atoms with Crippen LogP contribution in [0.1, 0.15) is 5.56 Å². The minimum atomic E-state index is -7.22.